The number of hydrogen-bond acceptors (Lipinski definition) is 4. The van der Waals surface area contributed by atoms with Crippen molar-refractivity contribution < 1.29 is 19.6 Å². The molecule has 0 aliphatic heterocycles. The number of carbonyl (C=O) groups is 1. The molecule has 0 heterocycles. The maximum Gasteiger partial charge on any atom is 0.488 e. The fourth-order valence-electron chi connectivity index (χ4n) is 1.12. The molecule has 1 aromatic carbocycles. The van der Waals surface area contributed by atoms with Crippen molar-refractivity contribution in [1.82, 2.24) is 0 Å². The maximum atomic E-state index is 11.5. The third kappa shape index (κ3) is 3.68. The lowest BCUT2D eigenvalue weighted by molar-refractivity contribution is 0.0459. The molecule has 0 unspecified atom stereocenters. The SMILES string of the molecule is CC(C)COC(=O)c1ccc(B(O)O)cc1. The summed E-state index contributed by atoms with van der Waals surface area (Å²) in [4.78, 5) is 11.5. The summed E-state index contributed by atoms with van der Waals surface area (Å²) in [7, 11) is -1.51. The van der Waals surface area contributed by atoms with Crippen LogP contribution in [-0.4, -0.2) is 29.7 Å². The van der Waals surface area contributed by atoms with E-state index in [-0.39, 0.29) is 0 Å². The smallest absolute Gasteiger partial charge is 0.462 e. The van der Waals surface area contributed by atoms with E-state index in [9.17, 15) is 4.79 Å². The van der Waals surface area contributed by atoms with Crippen molar-refractivity contribution in [3.05, 3.63) is 29.8 Å². The average Bonchev–Trinajstić information content (AvgIpc) is 2.26. The standard InChI is InChI=1S/C11H15BO4/c1-8(2)7-16-11(13)9-3-5-10(6-4-9)12(14)15/h3-6,8,14-15H,7H2,1-2H3. The van der Waals surface area contributed by atoms with Crippen LogP contribution in [0.15, 0.2) is 24.3 Å². The van der Waals surface area contributed by atoms with Crippen molar-refractivity contribution >= 4 is 18.6 Å². The van der Waals surface area contributed by atoms with E-state index in [1.807, 2.05) is 13.8 Å². The van der Waals surface area contributed by atoms with Crippen LogP contribution in [0.1, 0.15) is 24.2 Å². The highest BCUT2D eigenvalue weighted by molar-refractivity contribution is 6.58. The number of carbonyl (C=O) groups excluding carboxylic acids is 1. The van der Waals surface area contributed by atoms with Gasteiger partial charge in [0, 0.05) is 0 Å². The Bertz CT molecular complexity index is 346. The summed E-state index contributed by atoms with van der Waals surface area (Å²) in [5, 5.41) is 17.7. The molecule has 0 radical (unpaired) electrons. The number of esters is 1. The van der Waals surface area contributed by atoms with Crippen LogP contribution in [0, 0.1) is 5.92 Å². The summed E-state index contributed by atoms with van der Waals surface area (Å²) in [6.07, 6.45) is 0. The topological polar surface area (TPSA) is 66.8 Å². The van der Waals surface area contributed by atoms with Crippen molar-refractivity contribution in [2.75, 3.05) is 6.61 Å². The van der Waals surface area contributed by atoms with Crippen molar-refractivity contribution in [3.8, 4) is 0 Å². The minimum absolute atomic E-state index is 0.294. The molecule has 86 valence electrons. The van der Waals surface area contributed by atoms with Crippen LogP contribution in [0.3, 0.4) is 0 Å². The van der Waals surface area contributed by atoms with E-state index in [1.165, 1.54) is 24.3 Å². The van der Waals surface area contributed by atoms with Gasteiger partial charge in [-0.1, -0.05) is 26.0 Å². The van der Waals surface area contributed by atoms with Gasteiger partial charge in [-0.3, -0.25) is 0 Å². The van der Waals surface area contributed by atoms with Crippen LogP contribution >= 0.6 is 0 Å². The van der Waals surface area contributed by atoms with Crippen LogP contribution < -0.4 is 5.46 Å². The molecule has 0 amide bonds. The molecule has 16 heavy (non-hydrogen) atoms. The Hall–Kier alpha value is -1.33. The average molecular weight is 222 g/mol. The van der Waals surface area contributed by atoms with Gasteiger partial charge in [0.1, 0.15) is 0 Å². The molecular weight excluding hydrogens is 207 g/mol. The number of hydrogen-bond donors (Lipinski definition) is 2. The minimum atomic E-state index is -1.51. The van der Waals surface area contributed by atoms with E-state index in [1.54, 1.807) is 0 Å². The van der Waals surface area contributed by atoms with Crippen LogP contribution in [-0.2, 0) is 4.74 Å². The molecule has 0 bridgehead atoms. The van der Waals surface area contributed by atoms with E-state index < -0.39 is 13.1 Å². The van der Waals surface area contributed by atoms with Gasteiger partial charge in [-0.15, -0.1) is 0 Å². The van der Waals surface area contributed by atoms with Crippen molar-refractivity contribution in [1.29, 1.82) is 0 Å². The van der Waals surface area contributed by atoms with Crippen LogP contribution in [0.2, 0.25) is 0 Å². The van der Waals surface area contributed by atoms with Gasteiger partial charge in [0.05, 0.1) is 12.2 Å². The second-order valence-electron chi connectivity index (χ2n) is 3.99. The highest BCUT2D eigenvalue weighted by Crippen LogP contribution is 2.02. The van der Waals surface area contributed by atoms with Gasteiger partial charge in [-0.25, -0.2) is 4.79 Å². The molecule has 0 saturated heterocycles. The van der Waals surface area contributed by atoms with E-state index in [0.717, 1.165) is 0 Å². The summed E-state index contributed by atoms with van der Waals surface area (Å²) in [5.41, 5.74) is 0.755. The molecule has 4 nitrogen and oxygen atoms in total. The van der Waals surface area contributed by atoms with Gasteiger partial charge < -0.3 is 14.8 Å². The molecule has 0 atom stereocenters. The molecule has 0 aliphatic rings. The minimum Gasteiger partial charge on any atom is -0.462 e. The molecule has 0 spiro atoms. The molecule has 0 aromatic heterocycles. The normalized spacial score (nSPS) is 10.3. The number of ether oxygens (including phenoxy) is 1. The van der Waals surface area contributed by atoms with Crippen molar-refractivity contribution in [2.45, 2.75) is 13.8 Å². The first-order valence-electron chi connectivity index (χ1n) is 5.14. The first-order valence-corrected chi connectivity index (χ1v) is 5.14. The Labute approximate surface area is 95.0 Å². The lowest BCUT2D eigenvalue weighted by Gasteiger charge is -2.07. The summed E-state index contributed by atoms with van der Waals surface area (Å²) < 4.78 is 5.03. The molecule has 0 saturated carbocycles. The van der Waals surface area contributed by atoms with Crippen LogP contribution in [0.5, 0.6) is 0 Å². The van der Waals surface area contributed by atoms with Gasteiger partial charge in [0.2, 0.25) is 0 Å². The van der Waals surface area contributed by atoms with Crippen LogP contribution in [0.4, 0.5) is 0 Å². The highest BCUT2D eigenvalue weighted by atomic mass is 16.5. The molecule has 0 aliphatic carbocycles. The summed E-state index contributed by atoms with van der Waals surface area (Å²) in [6, 6.07) is 5.99. The Morgan fingerprint density at radius 1 is 1.31 bits per heavy atom. The molecular formula is C11H15BO4. The Balaban J connectivity index is 2.63. The largest absolute Gasteiger partial charge is 0.488 e. The van der Waals surface area contributed by atoms with Crippen molar-refractivity contribution in [2.24, 2.45) is 5.92 Å². The predicted molar refractivity (Wildman–Crippen MR) is 61.4 cm³/mol. The lowest BCUT2D eigenvalue weighted by Crippen LogP contribution is -2.29. The Morgan fingerprint density at radius 2 is 1.88 bits per heavy atom. The second-order valence-corrected chi connectivity index (χ2v) is 3.99. The lowest BCUT2D eigenvalue weighted by atomic mass is 9.80. The van der Waals surface area contributed by atoms with E-state index in [2.05, 4.69) is 0 Å². The first-order chi connectivity index (χ1) is 7.50. The van der Waals surface area contributed by atoms with E-state index in [4.69, 9.17) is 14.8 Å². The zero-order valence-corrected chi connectivity index (χ0v) is 9.38. The van der Waals surface area contributed by atoms with Gasteiger partial charge in [-0.2, -0.15) is 0 Å². The van der Waals surface area contributed by atoms with Crippen molar-refractivity contribution in [3.63, 3.8) is 0 Å². The van der Waals surface area contributed by atoms with Crippen LogP contribution in [0.25, 0.3) is 0 Å². The monoisotopic (exact) mass is 222 g/mol. The Kier molecular flexibility index (Phi) is 4.52. The summed E-state index contributed by atoms with van der Waals surface area (Å²) in [6.45, 7) is 4.29. The molecule has 0 fully saturated rings. The van der Waals surface area contributed by atoms with E-state index in [0.29, 0.717) is 23.6 Å². The molecule has 1 aromatic rings. The quantitative estimate of drug-likeness (QED) is 0.563. The number of benzene rings is 1. The first kappa shape index (κ1) is 12.7. The second kappa shape index (κ2) is 5.68. The summed E-state index contributed by atoms with van der Waals surface area (Å²) >= 11 is 0. The molecule has 5 heteroatoms. The van der Waals surface area contributed by atoms with Gasteiger partial charge in [-0.05, 0) is 23.5 Å². The number of rotatable bonds is 4. The third-order valence-electron chi connectivity index (χ3n) is 1.99. The molecule has 2 N–H and O–H groups in total. The highest BCUT2D eigenvalue weighted by Gasteiger charge is 2.12. The summed E-state index contributed by atoms with van der Waals surface area (Å²) in [5.74, 6) is -0.102. The van der Waals surface area contributed by atoms with Gasteiger partial charge in [0.25, 0.3) is 0 Å². The van der Waals surface area contributed by atoms with E-state index >= 15 is 0 Å². The maximum absolute atomic E-state index is 11.5. The zero-order valence-electron chi connectivity index (χ0n) is 9.38. The molecule has 1 rings (SSSR count). The zero-order chi connectivity index (χ0) is 12.1. The predicted octanol–water partition coefficient (Wildman–Crippen LogP) is 0.179. The fraction of sp³-hybridized carbons (Fsp3) is 0.364. The Morgan fingerprint density at radius 3 is 2.31 bits per heavy atom. The van der Waals surface area contributed by atoms with Gasteiger partial charge in [0.15, 0.2) is 0 Å². The van der Waals surface area contributed by atoms with Gasteiger partial charge >= 0.3 is 13.1 Å². The fourth-order valence-corrected chi connectivity index (χ4v) is 1.12. The third-order valence-corrected chi connectivity index (χ3v) is 1.99.